The highest BCUT2D eigenvalue weighted by molar-refractivity contribution is 7.14. The smallest absolute Gasteiger partial charge is 0.256 e. The number of aryl methyl sites for hydroxylation is 2. The molecule has 0 unspecified atom stereocenters. The largest absolute Gasteiger partial charge is 0.376 e. The van der Waals surface area contributed by atoms with Gasteiger partial charge < -0.3 is 15.5 Å². The number of rotatable bonds is 11. The molecule has 0 saturated carbocycles. The fourth-order valence-corrected chi connectivity index (χ4v) is 5.01. The zero-order chi connectivity index (χ0) is 26.4. The quantitative estimate of drug-likeness (QED) is 0.326. The van der Waals surface area contributed by atoms with Crippen molar-refractivity contribution >= 4 is 53.7 Å². The number of anilines is 1. The van der Waals surface area contributed by atoms with Crippen LogP contribution in [0.1, 0.15) is 28.6 Å². The van der Waals surface area contributed by atoms with Gasteiger partial charge in [0.25, 0.3) is 5.91 Å². The van der Waals surface area contributed by atoms with Gasteiger partial charge in [-0.25, -0.2) is 5.01 Å². The number of benzene rings is 2. The van der Waals surface area contributed by atoms with Crippen LogP contribution in [0, 0.1) is 13.8 Å². The highest BCUT2D eigenvalue weighted by Crippen LogP contribution is 2.27. The summed E-state index contributed by atoms with van der Waals surface area (Å²) in [6.45, 7) is 9.37. The Hall–Kier alpha value is -2.76. The number of halogens is 2. The fourth-order valence-electron chi connectivity index (χ4n) is 4.32. The molecule has 2 N–H and O–H groups in total. The lowest BCUT2D eigenvalue weighted by atomic mass is 10.1. The minimum Gasteiger partial charge on any atom is -0.376 e. The Morgan fingerprint density at radius 3 is 2.31 bits per heavy atom. The van der Waals surface area contributed by atoms with Crippen LogP contribution >= 0.6 is 36.2 Å². The first-order valence-electron chi connectivity index (χ1n) is 12.6. The summed E-state index contributed by atoms with van der Waals surface area (Å²) in [5, 5.41) is 20.3. The molecule has 2 heterocycles. The van der Waals surface area contributed by atoms with Crippen molar-refractivity contribution in [3.63, 3.8) is 0 Å². The molecule has 2 aromatic carbocycles. The van der Waals surface area contributed by atoms with Crippen LogP contribution in [0.5, 0.6) is 0 Å². The first kappa shape index (κ1) is 32.5. The molecule has 2 amide bonds. The molecule has 1 aromatic heterocycles. The molecule has 0 saturated heterocycles. The summed E-state index contributed by atoms with van der Waals surface area (Å²) < 4.78 is 0. The molecule has 0 atom stereocenters. The van der Waals surface area contributed by atoms with Crippen LogP contribution in [0.15, 0.2) is 42.5 Å². The third-order valence-corrected chi connectivity index (χ3v) is 7.41. The number of hydrogen-bond acceptors (Lipinski definition) is 8. The van der Waals surface area contributed by atoms with Gasteiger partial charge in [0.15, 0.2) is 0 Å². The van der Waals surface area contributed by atoms with Crippen molar-refractivity contribution in [2.75, 3.05) is 45.1 Å². The van der Waals surface area contributed by atoms with Crippen LogP contribution in [0.3, 0.4) is 0 Å². The summed E-state index contributed by atoms with van der Waals surface area (Å²) >= 11 is 1.55. The van der Waals surface area contributed by atoms with E-state index in [1.165, 1.54) is 11.1 Å². The van der Waals surface area contributed by atoms with Gasteiger partial charge in [0.05, 0.1) is 6.54 Å². The van der Waals surface area contributed by atoms with E-state index in [1.54, 1.807) is 28.3 Å². The Kier molecular flexibility index (Phi) is 12.6. The van der Waals surface area contributed by atoms with Gasteiger partial charge in [-0.2, -0.15) is 0 Å². The molecule has 3 aromatic rings. The molecule has 0 spiro atoms. The molecule has 1 aliphatic rings. The summed E-state index contributed by atoms with van der Waals surface area (Å²) in [6.07, 6.45) is 0. The molecular formula is C27H37Cl2N7O2S. The number of fused-ring (bicyclic) bond motifs is 1. The predicted octanol–water partition coefficient (Wildman–Crippen LogP) is 3.90. The zero-order valence-electron chi connectivity index (χ0n) is 22.8. The second kappa shape index (κ2) is 15.1. The number of nitrogens with one attached hydrogen (secondary N) is 2. The molecule has 212 valence electrons. The number of amides is 2. The molecule has 12 heteroatoms. The summed E-state index contributed by atoms with van der Waals surface area (Å²) in [4.78, 5) is 28.0. The summed E-state index contributed by atoms with van der Waals surface area (Å²) in [5.41, 5.74) is 5.36. The lowest BCUT2D eigenvalue weighted by molar-refractivity contribution is -0.151. The molecule has 0 bridgehead atoms. The number of aromatic nitrogens is 2. The Morgan fingerprint density at radius 1 is 1.03 bits per heavy atom. The highest BCUT2D eigenvalue weighted by atomic mass is 35.5. The lowest BCUT2D eigenvalue weighted by Crippen LogP contribution is -2.49. The summed E-state index contributed by atoms with van der Waals surface area (Å²) in [7, 11) is 1.78. The minimum atomic E-state index is -0.118. The van der Waals surface area contributed by atoms with Crippen LogP contribution in [-0.4, -0.2) is 76.7 Å². The Bertz CT molecular complexity index is 1230. The molecule has 0 fully saturated rings. The highest BCUT2D eigenvalue weighted by Gasteiger charge is 2.27. The fraction of sp³-hybridized carbons (Fsp3) is 0.407. The van der Waals surface area contributed by atoms with E-state index < -0.39 is 0 Å². The van der Waals surface area contributed by atoms with E-state index in [-0.39, 0.29) is 49.7 Å². The van der Waals surface area contributed by atoms with Gasteiger partial charge in [-0.1, -0.05) is 42.5 Å². The van der Waals surface area contributed by atoms with Crippen molar-refractivity contribution < 1.29 is 9.59 Å². The maximum absolute atomic E-state index is 13.2. The van der Waals surface area contributed by atoms with Crippen molar-refractivity contribution in [3.05, 3.63) is 64.2 Å². The number of carbonyl (C=O) groups excluding carboxylic acids is 2. The summed E-state index contributed by atoms with van der Waals surface area (Å²) in [6, 6.07) is 14.2. The lowest BCUT2D eigenvalue weighted by Gasteiger charge is -2.31. The van der Waals surface area contributed by atoms with Gasteiger partial charge in [-0.05, 0) is 55.3 Å². The van der Waals surface area contributed by atoms with E-state index >= 15 is 0 Å². The van der Waals surface area contributed by atoms with E-state index in [9.17, 15) is 9.59 Å². The molecule has 0 radical (unpaired) electrons. The Labute approximate surface area is 246 Å². The normalized spacial score (nSPS) is 12.2. The van der Waals surface area contributed by atoms with E-state index in [2.05, 4.69) is 33.0 Å². The SMILES string of the molecule is CCNCCN(CC(=O)N(C)N1Cc2ccccc2C1)C(=O)CNc1ccc(-c2nnc(C)s2)cc1C.Cl.Cl. The van der Waals surface area contributed by atoms with Crippen molar-refractivity contribution in [2.45, 2.75) is 33.9 Å². The van der Waals surface area contributed by atoms with Gasteiger partial charge in [0.2, 0.25) is 5.91 Å². The van der Waals surface area contributed by atoms with Crippen molar-refractivity contribution in [1.82, 2.24) is 30.4 Å². The number of nitrogens with zero attached hydrogens (tertiary/aromatic N) is 5. The number of likely N-dealkylation sites (N-methyl/N-ethyl adjacent to an activating group) is 2. The van der Waals surface area contributed by atoms with Crippen LogP contribution in [-0.2, 0) is 22.7 Å². The topological polar surface area (TPSA) is 93.7 Å². The average Bonchev–Trinajstić information content (AvgIpc) is 3.53. The third kappa shape index (κ3) is 8.36. The van der Waals surface area contributed by atoms with E-state index in [0.717, 1.165) is 33.4 Å². The van der Waals surface area contributed by atoms with Crippen molar-refractivity contribution in [2.24, 2.45) is 0 Å². The van der Waals surface area contributed by atoms with Crippen molar-refractivity contribution in [3.8, 4) is 10.6 Å². The Balaban J connectivity index is 0.00000267. The molecule has 0 aliphatic carbocycles. The van der Waals surface area contributed by atoms with Crippen LogP contribution < -0.4 is 10.6 Å². The maximum Gasteiger partial charge on any atom is 0.256 e. The number of hydrogen-bond donors (Lipinski definition) is 2. The van der Waals surface area contributed by atoms with Gasteiger partial charge >= 0.3 is 0 Å². The molecule has 39 heavy (non-hydrogen) atoms. The zero-order valence-corrected chi connectivity index (χ0v) is 25.2. The van der Waals surface area contributed by atoms with E-state index in [1.807, 2.05) is 56.1 Å². The second-order valence-corrected chi connectivity index (χ2v) is 10.4. The standard InChI is InChI=1S/C27H35N7O2S.2ClH/c1-5-28-12-13-33(18-26(36)32(4)34-16-22-8-6-7-9-23(22)17-34)25(35)15-29-24-11-10-21(14-19(24)2)27-31-30-20(3)37-27;;/h6-11,14,28-29H,5,12-13,15-18H2,1-4H3;2*1H. The minimum absolute atomic E-state index is 0. The van der Waals surface area contributed by atoms with Gasteiger partial charge in [-0.3, -0.25) is 14.6 Å². The van der Waals surface area contributed by atoms with Crippen LogP contribution in [0.4, 0.5) is 5.69 Å². The molecule has 4 rings (SSSR count). The van der Waals surface area contributed by atoms with Gasteiger partial charge in [0, 0.05) is 44.5 Å². The van der Waals surface area contributed by atoms with E-state index in [0.29, 0.717) is 26.2 Å². The number of hydrazine groups is 1. The number of carbonyl (C=O) groups is 2. The molecule has 1 aliphatic heterocycles. The average molecular weight is 595 g/mol. The maximum atomic E-state index is 13.2. The van der Waals surface area contributed by atoms with Gasteiger partial charge in [-0.15, -0.1) is 35.0 Å². The first-order valence-corrected chi connectivity index (χ1v) is 13.4. The van der Waals surface area contributed by atoms with Crippen LogP contribution in [0.25, 0.3) is 10.6 Å². The monoisotopic (exact) mass is 593 g/mol. The molecular weight excluding hydrogens is 557 g/mol. The Morgan fingerprint density at radius 2 is 1.72 bits per heavy atom. The predicted molar refractivity (Wildman–Crippen MR) is 161 cm³/mol. The van der Waals surface area contributed by atoms with E-state index in [4.69, 9.17) is 0 Å². The second-order valence-electron chi connectivity index (χ2n) is 9.19. The third-order valence-electron chi connectivity index (χ3n) is 6.53. The first-order chi connectivity index (χ1) is 17.9. The molecule has 9 nitrogen and oxygen atoms in total. The summed E-state index contributed by atoms with van der Waals surface area (Å²) in [5.74, 6) is -0.224. The van der Waals surface area contributed by atoms with Gasteiger partial charge in [0.1, 0.15) is 16.6 Å². The van der Waals surface area contributed by atoms with Crippen LogP contribution in [0.2, 0.25) is 0 Å². The van der Waals surface area contributed by atoms with Crippen molar-refractivity contribution in [1.29, 1.82) is 0 Å².